The molecule has 0 heterocycles. The van der Waals surface area contributed by atoms with Gasteiger partial charge in [-0.1, -0.05) is 0 Å². The Hall–Kier alpha value is 0.0569. The predicted molar refractivity (Wildman–Crippen MR) is 64.4 cm³/mol. The van der Waals surface area contributed by atoms with Crippen molar-refractivity contribution in [3.05, 3.63) is 0 Å². The summed E-state index contributed by atoms with van der Waals surface area (Å²) in [5.41, 5.74) is 0. The topological polar surface area (TPSA) is 30.9 Å². The molecule has 0 rings (SSSR count). The van der Waals surface area contributed by atoms with Crippen molar-refractivity contribution in [2.45, 2.75) is 19.0 Å². The van der Waals surface area contributed by atoms with E-state index < -0.39 is 8.56 Å². The number of likely N-dealkylation sites (N-methyl/N-ethyl adjacent to an activating group) is 1. The summed E-state index contributed by atoms with van der Waals surface area (Å²) in [6.07, 6.45) is 1.01. The zero-order chi connectivity index (χ0) is 11.7. The van der Waals surface area contributed by atoms with E-state index in [0.29, 0.717) is 0 Å². The molecule has 0 aliphatic carbocycles. The molecule has 0 bridgehead atoms. The average molecular weight is 235 g/mol. The molecule has 0 saturated heterocycles. The second-order valence-electron chi connectivity index (χ2n) is 4.06. The first-order valence-electron chi connectivity index (χ1n) is 5.37. The highest BCUT2D eigenvalue weighted by Gasteiger charge is 2.27. The van der Waals surface area contributed by atoms with Crippen molar-refractivity contribution in [1.82, 2.24) is 4.90 Å². The van der Waals surface area contributed by atoms with E-state index in [1.165, 1.54) is 0 Å². The Bertz CT molecular complexity index is 152. The van der Waals surface area contributed by atoms with Crippen LogP contribution in [0.25, 0.3) is 0 Å². The van der Waals surface area contributed by atoms with Crippen molar-refractivity contribution in [3.8, 4) is 0 Å². The highest BCUT2D eigenvalue weighted by atomic mass is 28.4. The van der Waals surface area contributed by atoms with E-state index in [9.17, 15) is 0 Å². The maximum atomic E-state index is 5.50. The van der Waals surface area contributed by atoms with E-state index in [1.807, 2.05) is 14.1 Å². The maximum absolute atomic E-state index is 5.50. The van der Waals surface area contributed by atoms with Gasteiger partial charge >= 0.3 is 8.56 Å². The van der Waals surface area contributed by atoms with Gasteiger partial charge in [0.25, 0.3) is 0 Å². The molecule has 0 fully saturated rings. The third-order valence-electron chi connectivity index (χ3n) is 2.47. The fourth-order valence-electron chi connectivity index (χ4n) is 1.13. The number of rotatable bonds is 9. The molecule has 5 heteroatoms. The summed E-state index contributed by atoms with van der Waals surface area (Å²) in [6, 6.07) is 0.988. The molecular weight excluding hydrogens is 210 g/mol. The monoisotopic (exact) mass is 235 g/mol. The van der Waals surface area contributed by atoms with Crippen LogP contribution >= 0.6 is 0 Å². The zero-order valence-corrected chi connectivity index (χ0v) is 11.7. The van der Waals surface area contributed by atoms with Gasteiger partial charge in [0, 0.05) is 27.4 Å². The van der Waals surface area contributed by atoms with Crippen molar-refractivity contribution < 1.29 is 13.6 Å². The van der Waals surface area contributed by atoms with Gasteiger partial charge in [-0.3, -0.25) is 0 Å². The molecule has 15 heavy (non-hydrogen) atoms. The van der Waals surface area contributed by atoms with E-state index in [0.717, 1.165) is 32.2 Å². The maximum Gasteiger partial charge on any atom is 0.334 e. The average Bonchev–Trinajstić information content (AvgIpc) is 2.22. The van der Waals surface area contributed by atoms with Crippen LogP contribution in [-0.2, 0) is 13.6 Å². The number of ether oxygens (including phenoxy) is 1. The zero-order valence-electron chi connectivity index (χ0n) is 10.7. The molecule has 0 unspecified atom stereocenters. The lowest BCUT2D eigenvalue weighted by molar-refractivity contribution is 0.116. The quantitative estimate of drug-likeness (QED) is 0.445. The fraction of sp³-hybridized carbons (Fsp3) is 1.00. The van der Waals surface area contributed by atoms with Crippen molar-refractivity contribution in [2.75, 3.05) is 48.1 Å². The Morgan fingerprint density at radius 3 is 2.13 bits per heavy atom. The molecular formula is C10H25NO3Si. The van der Waals surface area contributed by atoms with Gasteiger partial charge in [0.05, 0.1) is 6.61 Å². The first-order chi connectivity index (χ1) is 7.04. The first kappa shape index (κ1) is 15.1. The SMILES string of the molecule is CO[Si](C)(CCCOCCN(C)C)OC. The molecule has 0 amide bonds. The molecule has 92 valence electrons. The van der Waals surface area contributed by atoms with Crippen LogP contribution in [0.2, 0.25) is 12.6 Å². The van der Waals surface area contributed by atoms with Gasteiger partial charge < -0.3 is 18.5 Å². The summed E-state index contributed by atoms with van der Waals surface area (Å²) in [5.74, 6) is 0. The smallest absolute Gasteiger partial charge is 0.334 e. The minimum atomic E-state index is -1.87. The number of nitrogens with zero attached hydrogens (tertiary/aromatic N) is 1. The summed E-state index contributed by atoms with van der Waals surface area (Å²) in [5, 5.41) is 0. The third kappa shape index (κ3) is 7.93. The van der Waals surface area contributed by atoms with Crippen LogP contribution in [0.15, 0.2) is 0 Å². The van der Waals surface area contributed by atoms with Gasteiger partial charge in [0.15, 0.2) is 0 Å². The highest BCUT2D eigenvalue weighted by Crippen LogP contribution is 2.13. The summed E-state index contributed by atoms with van der Waals surface area (Å²) in [7, 11) is 5.67. The summed E-state index contributed by atoms with van der Waals surface area (Å²) in [4.78, 5) is 2.11. The molecule has 0 saturated carbocycles. The molecule has 4 nitrogen and oxygen atoms in total. The molecule has 0 aliphatic heterocycles. The highest BCUT2D eigenvalue weighted by molar-refractivity contribution is 6.65. The molecule has 0 aromatic heterocycles. The lowest BCUT2D eigenvalue weighted by Crippen LogP contribution is -2.36. The van der Waals surface area contributed by atoms with E-state index in [4.69, 9.17) is 13.6 Å². The minimum absolute atomic E-state index is 0.795. The second kappa shape index (κ2) is 8.24. The Morgan fingerprint density at radius 1 is 1.07 bits per heavy atom. The van der Waals surface area contributed by atoms with Gasteiger partial charge in [-0.2, -0.15) is 0 Å². The molecule has 0 aromatic rings. The van der Waals surface area contributed by atoms with Gasteiger partial charge in [-0.25, -0.2) is 0 Å². The van der Waals surface area contributed by atoms with E-state index in [-0.39, 0.29) is 0 Å². The van der Waals surface area contributed by atoms with Gasteiger partial charge in [-0.15, -0.1) is 0 Å². The molecule has 0 radical (unpaired) electrons. The van der Waals surface area contributed by atoms with Crippen molar-refractivity contribution >= 4 is 8.56 Å². The van der Waals surface area contributed by atoms with E-state index in [1.54, 1.807) is 14.2 Å². The fourth-order valence-corrected chi connectivity index (χ4v) is 2.49. The molecule has 0 aliphatic rings. The lowest BCUT2D eigenvalue weighted by atomic mass is 10.5. The Labute approximate surface area is 94.8 Å². The predicted octanol–water partition coefficient (Wildman–Crippen LogP) is 1.32. The van der Waals surface area contributed by atoms with Gasteiger partial charge in [0.2, 0.25) is 0 Å². The Balaban J connectivity index is 3.37. The van der Waals surface area contributed by atoms with Crippen molar-refractivity contribution in [3.63, 3.8) is 0 Å². The van der Waals surface area contributed by atoms with Crippen molar-refractivity contribution in [1.29, 1.82) is 0 Å². The second-order valence-corrected chi connectivity index (χ2v) is 7.65. The summed E-state index contributed by atoms with van der Waals surface area (Å²) < 4.78 is 16.3. The van der Waals surface area contributed by atoms with Gasteiger partial charge in [-0.05, 0) is 33.1 Å². The third-order valence-corrected chi connectivity index (χ3v) is 5.45. The van der Waals surface area contributed by atoms with Crippen LogP contribution in [-0.4, -0.2) is 61.5 Å². The van der Waals surface area contributed by atoms with Crippen LogP contribution < -0.4 is 0 Å². The standard InChI is InChI=1S/C10H25NO3Si/c1-11(2)7-9-14-8-6-10-15(5,12-3)13-4/h6-10H2,1-5H3. The minimum Gasteiger partial charge on any atom is -0.398 e. The van der Waals surface area contributed by atoms with Crippen LogP contribution in [0.1, 0.15) is 6.42 Å². The summed E-state index contributed by atoms with van der Waals surface area (Å²) >= 11 is 0. The largest absolute Gasteiger partial charge is 0.398 e. The van der Waals surface area contributed by atoms with Crippen LogP contribution in [0.5, 0.6) is 0 Å². The molecule has 0 atom stereocenters. The number of hydrogen-bond acceptors (Lipinski definition) is 4. The Morgan fingerprint density at radius 2 is 1.67 bits per heavy atom. The summed E-state index contributed by atoms with van der Waals surface area (Å²) in [6.45, 7) is 4.64. The van der Waals surface area contributed by atoms with Crippen molar-refractivity contribution in [2.24, 2.45) is 0 Å². The lowest BCUT2D eigenvalue weighted by Gasteiger charge is -2.22. The van der Waals surface area contributed by atoms with Crippen LogP contribution in [0.3, 0.4) is 0 Å². The van der Waals surface area contributed by atoms with Crippen LogP contribution in [0, 0.1) is 0 Å². The molecule has 0 spiro atoms. The normalized spacial score (nSPS) is 12.4. The Kier molecular flexibility index (Phi) is 8.27. The molecule has 0 N–H and O–H groups in total. The van der Waals surface area contributed by atoms with Crippen LogP contribution in [0.4, 0.5) is 0 Å². The number of hydrogen-bond donors (Lipinski definition) is 0. The van der Waals surface area contributed by atoms with E-state index >= 15 is 0 Å². The van der Waals surface area contributed by atoms with E-state index in [2.05, 4.69) is 11.4 Å². The van der Waals surface area contributed by atoms with Gasteiger partial charge in [0.1, 0.15) is 0 Å². The first-order valence-corrected chi connectivity index (χ1v) is 7.89. The molecule has 0 aromatic carbocycles.